The molecule has 1 heterocycles. The number of carbonyl (C=O) groups excluding carboxylic acids is 1. The van der Waals surface area contributed by atoms with Gasteiger partial charge in [0, 0.05) is 25.2 Å². The van der Waals surface area contributed by atoms with Gasteiger partial charge in [-0.3, -0.25) is 4.79 Å². The van der Waals surface area contributed by atoms with Gasteiger partial charge < -0.3 is 10.2 Å². The van der Waals surface area contributed by atoms with Crippen LogP contribution in [-0.2, 0) is 13.0 Å². The Morgan fingerprint density at radius 2 is 2.26 bits per heavy atom. The van der Waals surface area contributed by atoms with Gasteiger partial charge in [0.2, 0.25) is 0 Å². The van der Waals surface area contributed by atoms with Gasteiger partial charge in [-0.15, -0.1) is 0 Å². The summed E-state index contributed by atoms with van der Waals surface area (Å²) >= 11 is 0. The maximum Gasteiger partial charge on any atom is 0.254 e. The van der Waals surface area contributed by atoms with Crippen LogP contribution in [0.2, 0.25) is 0 Å². The number of fused-ring (bicyclic) bond motifs is 1. The standard InChI is InChI=1S/C16H24N2O/c1-4-6-12(2)18(3)16(19)15-8-5-7-13-11-17-10-9-14(13)15/h5,7-8,12,17H,4,6,9-11H2,1-3H3. The lowest BCUT2D eigenvalue weighted by molar-refractivity contribution is 0.0735. The van der Waals surface area contributed by atoms with Gasteiger partial charge in [0.05, 0.1) is 0 Å². The number of carbonyl (C=O) groups is 1. The van der Waals surface area contributed by atoms with Crippen LogP contribution in [0.1, 0.15) is 48.2 Å². The molecule has 1 amide bonds. The predicted octanol–water partition coefficient (Wildman–Crippen LogP) is 2.59. The molecule has 0 spiro atoms. The molecule has 1 atom stereocenters. The van der Waals surface area contributed by atoms with Gasteiger partial charge in [0.15, 0.2) is 0 Å². The zero-order chi connectivity index (χ0) is 13.8. The van der Waals surface area contributed by atoms with Crippen LogP contribution in [-0.4, -0.2) is 30.4 Å². The highest BCUT2D eigenvalue weighted by molar-refractivity contribution is 5.96. The van der Waals surface area contributed by atoms with Crippen LogP contribution in [0, 0.1) is 0 Å². The molecule has 1 aliphatic heterocycles. The summed E-state index contributed by atoms with van der Waals surface area (Å²) in [5.74, 6) is 0.166. The van der Waals surface area contributed by atoms with Gasteiger partial charge in [0.1, 0.15) is 0 Å². The Morgan fingerprint density at radius 3 is 3.00 bits per heavy atom. The fraction of sp³-hybridized carbons (Fsp3) is 0.562. The molecule has 3 nitrogen and oxygen atoms in total. The highest BCUT2D eigenvalue weighted by atomic mass is 16.2. The molecule has 0 saturated carbocycles. The van der Waals surface area contributed by atoms with Crippen molar-refractivity contribution in [3.63, 3.8) is 0 Å². The SMILES string of the molecule is CCCC(C)N(C)C(=O)c1cccc2c1CCNC2. The Balaban J connectivity index is 2.24. The Hall–Kier alpha value is -1.35. The molecular weight excluding hydrogens is 236 g/mol. The molecule has 19 heavy (non-hydrogen) atoms. The van der Waals surface area contributed by atoms with Crippen molar-refractivity contribution in [3.8, 4) is 0 Å². The van der Waals surface area contributed by atoms with Crippen molar-refractivity contribution in [3.05, 3.63) is 34.9 Å². The van der Waals surface area contributed by atoms with Crippen molar-refractivity contribution in [1.29, 1.82) is 0 Å². The fourth-order valence-electron chi connectivity index (χ4n) is 2.73. The van der Waals surface area contributed by atoms with Crippen LogP contribution in [0.15, 0.2) is 18.2 Å². The number of hydrogen-bond acceptors (Lipinski definition) is 2. The normalized spacial score (nSPS) is 15.7. The van der Waals surface area contributed by atoms with Crippen LogP contribution < -0.4 is 5.32 Å². The first-order valence-corrected chi connectivity index (χ1v) is 7.23. The maximum atomic E-state index is 12.6. The summed E-state index contributed by atoms with van der Waals surface area (Å²) in [6.45, 7) is 6.12. The van der Waals surface area contributed by atoms with E-state index < -0.39 is 0 Å². The lowest BCUT2D eigenvalue weighted by Crippen LogP contribution is -2.36. The molecule has 3 heteroatoms. The topological polar surface area (TPSA) is 32.3 Å². The van der Waals surface area contributed by atoms with E-state index in [0.717, 1.165) is 37.9 Å². The first kappa shape index (κ1) is 14.1. The minimum absolute atomic E-state index is 0.166. The van der Waals surface area contributed by atoms with Crippen molar-refractivity contribution in [1.82, 2.24) is 10.2 Å². The fourth-order valence-corrected chi connectivity index (χ4v) is 2.73. The highest BCUT2D eigenvalue weighted by Gasteiger charge is 2.22. The second-order valence-corrected chi connectivity index (χ2v) is 5.42. The molecule has 0 fully saturated rings. The molecule has 0 radical (unpaired) electrons. The smallest absolute Gasteiger partial charge is 0.254 e. The second-order valence-electron chi connectivity index (χ2n) is 5.42. The zero-order valence-corrected chi connectivity index (χ0v) is 12.2. The van der Waals surface area contributed by atoms with Crippen LogP contribution in [0.5, 0.6) is 0 Å². The molecule has 2 rings (SSSR count). The molecule has 0 bridgehead atoms. The molecule has 0 saturated heterocycles. The van der Waals surface area contributed by atoms with Crippen LogP contribution in [0.4, 0.5) is 0 Å². The van der Waals surface area contributed by atoms with Gasteiger partial charge in [0.25, 0.3) is 5.91 Å². The molecule has 1 aliphatic rings. The molecule has 1 aromatic carbocycles. The third-order valence-electron chi connectivity index (χ3n) is 4.06. The van der Waals surface area contributed by atoms with E-state index in [0.29, 0.717) is 6.04 Å². The number of nitrogens with one attached hydrogen (secondary N) is 1. The molecular formula is C16H24N2O. The minimum atomic E-state index is 0.166. The molecule has 1 N–H and O–H groups in total. The number of nitrogens with zero attached hydrogens (tertiary/aromatic N) is 1. The van der Waals surface area contributed by atoms with E-state index in [9.17, 15) is 4.79 Å². The minimum Gasteiger partial charge on any atom is -0.339 e. The second kappa shape index (κ2) is 6.20. The average Bonchev–Trinajstić information content (AvgIpc) is 2.45. The van der Waals surface area contributed by atoms with Gasteiger partial charge in [-0.1, -0.05) is 25.5 Å². The number of benzene rings is 1. The summed E-state index contributed by atoms with van der Waals surface area (Å²) in [6.07, 6.45) is 3.11. The first-order valence-electron chi connectivity index (χ1n) is 7.23. The molecule has 104 valence electrons. The number of amides is 1. The lowest BCUT2D eigenvalue weighted by Gasteiger charge is -2.27. The van der Waals surface area contributed by atoms with Gasteiger partial charge in [-0.05, 0) is 43.5 Å². The molecule has 0 aliphatic carbocycles. The van der Waals surface area contributed by atoms with Crippen molar-refractivity contribution < 1.29 is 4.79 Å². The Kier molecular flexibility index (Phi) is 4.59. The summed E-state index contributed by atoms with van der Waals surface area (Å²) in [6, 6.07) is 6.39. The lowest BCUT2D eigenvalue weighted by atomic mass is 9.94. The van der Waals surface area contributed by atoms with Gasteiger partial charge in [-0.2, -0.15) is 0 Å². The van der Waals surface area contributed by atoms with E-state index in [1.54, 1.807) is 0 Å². The van der Waals surface area contributed by atoms with E-state index in [1.165, 1.54) is 11.1 Å². The summed E-state index contributed by atoms with van der Waals surface area (Å²) in [4.78, 5) is 14.5. The quantitative estimate of drug-likeness (QED) is 0.902. The third kappa shape index (κ3) is 2.98. The molecule has 1 unspecified atom stereocenters. The van der Waals surface area contributed by atoms with E-state index in [2.05, 4.69) is 25.2 Å². The van der Waals surface area contributed by atoms with Gasteiger partial charge >= 0.3 is 0 Å². The predicted molar refractivity (Wildman–Crippen MR) is 78.3 cm³/mol. The van der Waals surface area contributed by atoms with E-state index in [4.69, 9.17) is 0 Å². The first-order chi connectivity index (χ1) is 9.15. The van der Waals surface area contributed by atoms with Crippen molar-refractivity contribution in [2.45, 2.75) is 45.7 Å². The monoisotopic (exact) mass is 260 g/mol. The van der Waals surface area contributed by atoms with Crippen molar-refractivity contribution in [2.24, 2.45) is 0 Å². The summed E-state index contributed by atoms with van der Waals surface area (Å²) in [5.41, 5.74) is 3.40. The Labute approximate surface area is 116 Å². The molecule has 0 aromatic heterocycles. The van der Waals surface area contributed by atoms with E-state index >= 15 is 0 Å². The third-order valence-corrected chi connectivity index (χ3v) is 4.06. The van der Waals surface area contributed by atoms with E-state index in [1.807, 2.05) is 24.1 Å². The Morgan fingerprint density at radius 1 is 1.47 bits per heavy atom. The maximum absolute atomic E-state index is 12.6. The largest absolute Gasteiger partial charge is 0.339 e. The van der Waals surface area contributed by atoms with Crippen molar-refractivity contribution in [2.75, 3.05) is 13.6 Å². The highest BCUT2D eigenvalue weighted by Crippen LogP contribution is 2.21. The van der Waals surface area contributed by atoms with E-state index in [-0.39, 0.29) is 5.91 Å². The van der Waals surface area contributed by atoms with Crippen LogP contribution in [0.3, 0.4) is 0 Å². The number of hydrogen-bond donors (Lipinski definition) is 1. The number of rotatable bonds is 4. The van der Waals surface area contributed by atoms with Crippen LogP contribution >= 0.6 is 0 Å². The Bertz CT molecular complexity index is 456. The van der Waals surface area contributed by atoms with Crippen molar-refractivity contribution >= 4 is 5.91 Å². The van der Waals surface area contributed by atoms with Crippen LogP contribution in [0.25, 0.3) is 0 Å². The zero-order valence-electron chi connectivity index (χ0n) is 12.2. The summed E-state index contributed by atoms with van der Waals surface area (Å²) in [5, 5.41) is 3.35. The average molecular weight is 260 g/mol. The molecule has 1 aromatic rings. The summed E-state index contributed by atoms with van der Waals surface area (Å²) in [7, 11) is 1.92. The summed E-state index contributed by atoms with van der Waals surface area (Å²) < 4.78 is 0. The van der Waals surface area contributed by atoms with Gasteiger partial charge in [-0.25, -0.2) is 0 Å².